The van der Waals surface area contributed by atoms with Gasteiger partial charge in [0.25, 0.3) is 0 Å². The van der Waals surface area contributed by atoms with Gasteiger partial charge in [0, 0.05) is 12.2 Å². The molecule has 2 amide bonds. The van der Waals surface area contributed by atoms with E-state index in [0.29, 0.717) is 12.5 Å². The molecule has 6 heteroatoms. The van der Waals surface area contributed by atoms with Crippen LogP contribution in [0.15, 0.2) is 18.2 Å². The number of aliphatic carboxylic acids is 1. The van der Waals surface area contributed by atoms with Crippen molar-refractivity contribution >= 4 is 17.7 Å². The zero-order valence-corrected chi connectivity index (χ0v) is 12.5. The highest BCUT2D eigenvalue weighted by atomic mass is 16.5. The van der Waals surface area contributed by atoms with E-state index in [2.05, 4.69) is 18.3 Å². The number of aryl methyl sites for hydroxylation is 1. The topological polar surface area (TPSA) is 78.9 Å². The summed E-state index contributed by atoms with van der Waals surface area (Å²) in [6.07, 6.45) is 1.55. The summed E-state index contributed by atoms with van der Waals surface area (Å²) in [5, 5.41) is 11.8. The third-order valence-electron chi connectivity index (χ3n) is 4.17. The van der Waals surface area contributed by atoms with Gasteiger partial charge in [-0.25, -0.2) is 9.59 Å². The summed E-state index contributed by atoms with van der Waals surface area (Å²) >= 11 is 0. The number of hydrogen-bond acceptors (Lipinski definition) is 3. The van der Waals surface area contributed by atoms with Crippen LogP contribution in [0.1, 0.15) is 29.9 Å². The number of anilines is 1. The highest BCUT2D eigenvalue weighted by Gasteiger charge is 2.29. The van der Waals surface area contributed by atoms with Crippen LogP contribution in [0.2, 0.25) is 0 Å². The maximum Gasteiger partial charge on any atom is 0.334 e. The highest BCUT2D eigenvalue weighted by Crippen LogP contribution is 2.41. The number of rotatable bonds is 3. The molecule has 6 nitrogen and oxygen atoms in total. The number of carboxylic acid groups (broad SMARTS) is 1. The number of carboxylic acids is 1. The van der Waals surface area contributed by atoms with Crippen LogP contribution in [0, 0.1) is 6.92 Å². The first-order valence-electron chi connectivity index (χ1n) is 7.55. The second-order valence-corrected chi connectivity index (χ2v) is 5.92. The van der Waals surface area contributed by atoms with Gasteiger partial charge in [-0.15, -0.1) is 0 Å². The van der Waals surface area contributed by atoms with Gasteiger partial charge in [0.15, 0.2) is 6.10 Å². The molecule has 0 bridgehead atoms. The van der Waals surface area contributed by atoms with E-state index in [1.54, 1.807) is 0 Å². The SMILES string of the molecule is Cc1cc(NC(=O)N2CCOC(C(=O)O)C2)ccc1C1CC1. The van der Waals surface area contributed by atoms with Crippen molar-refractivity contribution in [2.75, 3.05) is 25.0 Å². The first-order valence-corrected chi connectivity index (χ1v) is 7.55. The molecular formula is C16H20N2O4. The minimum absolute atomic E-state index is 0.0697. The first kappa shape index (κ1) is 14.8. The summed E-state index contributed by atoms with van der Waals surface area (Å²) in [5.41, 5.74) is 3.28. The molecule has 1 aliphatic carbocycles. The Bertz CT molecular complexity index is 598. The van der Waals surface area contributed by atoms with Crippen molar-refractivity contribution in [3.05, 3.63) is 29.3 Å². The standard InChI is InChI=1S/C16H20N2O4/c1-10-8-12(4-5-13(10)11-2-3-11)17-16(21)18-6-7-22-14(9-18)15(19)20/h4-5,8,11,14H,2-3,6-7,9H2,1H3,(H,17,21)(H,19,20). The van der Waals surface area contributed by atoms with Crippen molar-refractivity contribution in [1.29, 1.82) is 0 Å². The van der Waals surface area contributed by atoms with Gasteiger partial charge in [-0.2, -0.15) is 0 Å². The third-order valence-corrected chi connectivity index (χ3v) is 4.17. The molecule has 1 saturated heterocycles. The van der Waals surface area contributed by atoms with E-state index in [-0.39, 0.29) is 19.2 Å². The second kappa shape index (κ2) is 5.96. The molecule has 1 aromatic rings. The maximum atomic E-state index is 12.2. The van der Waals surface area contributed by atoms with Gasteiger partial charge in [-0.3, -0.25) is 0 Å². The normalized spacial score (nSPS) is 21.5. The van der Waals surface area contributed by atoms with Crippen LogP contribution in [-0.4, -0.2) is 47.8 Å². The Morgan fingerprint density at radius 3 is 2.77 bits per heavy atom. The Kier molecular flexibility index (Phi) is 4.02. The third kappa shape index (κ3) is 3.22. The molecule has 2 aliphatic rings. The van der Waals surface area contributed by atoms with E-state index in [4.69, 9.17) is 9.84 Å². The summed E-state index contributed by atoms with van der Waals surface area (Å²) in [7, 11) is 0. The largest absolute Gasteiger partial charge is 0.479 e. The van der Waals surface area contributed by atoms with Crippen molar-refractivity contribution in [2.24, 2.45) is 0 Å². The van der Waals surface area contributed by atoms with E-state index in [1.807, 2.05) is 12.1 Å². The summed E-state index contributed by atoms with van der Waals surface area (Å²) in [4.78, 5) is 24.7. The van der Waals surface area contributed by atoms with Gasteiger partial charge in [0.2, 0.25) is 0 Å². The van der Waals surface area contributed by atoms with E-state index < -0.39 is 12.1 Å². The summed E-state index contributed by atoms with van der Waals surface area (Å²) in [6, 6.07) is 5.67. The molecule has 1 aromatic carbocycles. The van der Waals surface area contributed by atoms with Crippen molar-refractivity contribution in [1.82, 2.24) is 4.90 Å². The van der Waals surface area contributed by atoms with Crippen LogP contribution in [0.4, 0.5) is 10.5 Å². The van der Waals surface area contributed by atoms with Crippen LogP contribution >= 0.6 is 0 Å². The molecule has 0 aromatic heterocycles. The Balaban J connectivity index is 1.63. The molecule has 1 aliphatic heterocycles. The number of morpholine rings is 1. The Hall–Kier alpha value is -2.08. The average molecular weight is 304 g/mol. The molecule has 1 atom stereocenters. The lowest BCUT2D eigenvalue weighted by atomic mass is 10.0. The fourth-order valence-corrected chi connectivity index (χ4v) is 2.79. The van der Waals surface area contributed by atoms with Gasteiger partial charge in [0.1, 0.15) is 0 Å². The summed E-state index contributed by atoms with van der Waals surface area (Å²) in [5.74, 6) is -0.359. The van der Waals surface area contributed by atoms with Crippen molar-refractivity contribution in [3.63, 3.8) is 0 Å². The number of nitrogens with one attached hydrogen (secondary N) is 1. The van der Waals surface area contributed by atoms with Gasteiger partial charge in [-0.1, -0.05) is 6.07 Å². The average Bonchev–Trinajstić information content (AvgIpc) is 3.32. The lowest BCUT2D eigenvalue weighted by molar-refractivity contribution is -0.154. The molecule has 2 N–H and O–H groups in total. The van der Waals surface area contributed by atoms with Gasteiger partial charge < -0.3 is 20.1 Å². The van der Waals surface area contributed by atoms with Crippen LogP contribution in [-0.2, 0) is 9.53 Å². The zero-order chi connectivity index (χ0) is 15.7. The summed E-state index contributed by atoms with van der Waals surface area (Å²) in [6.45, 7) is 2.76. The monoisotopic (exact) mass is 304 g/mol. The number of carbonyl (C=O) groups is 2. The van der Waals surface area contributed by atoms with Crippen LogP contribution in [0.5, 0.6) is 0 Å². The second-order valence-electron chi connectivity index (χ2n) is 5.92. The lowest BCUT2D eigenvalue weighted by Crippen LogP contribution is -2.49. The smallest absolute Gasteiger partial charge is 0.334 e. The highest BCUT2D eigenvalue weighted by molar-refractivity contribution is 5.90. The first-order chi connectivity index (χ1) is 10.5. The van der Waals surface area contributed by atoms with E-state index in [9.17, 15) is 9.59 Å². The number of nitrogens with zero attached hydrogens (tertiary/aromatic N) is 1. The number of urea groups is 1. The number of hydrogen-bond donors (Lipinski definition) is 2. The summed E-state index contributed by atoms with van der Waals surface area (Å²) < 4.78 is 5.12. The number of carbonyl (C=O) groups excluding carboxylic acids is 1. The lowest BCUT2D eigenvalue weighted by Gasteiger charge is -2.30. The minimum atomic E-state index is -1.04. The van der Waals surface area contributed by atoms with Crippen LogP contribution < -0.4 is 5.32 Å². The fraction of sp³-hybridized carbons (Fsp3) is 0.500. The van der Waals surface area contributed by atoms with Gasteiger partial charge in [-0.05, 0) is 48.9 Å². The Morgan fingerprint density at radius 1 is 1.36 bits per heavy atom. The zero-order valence-electron chi connectivity index (χ0n) is 12.5. The Morgan fingerprint density at radius 2 is 2.14 bits per heavy atom. The molecule has 2 fully saturated rings. The van der Waals surface area contributed by atoms with E-state index >= 15 is 0 Å². The number of benzene rings is 1. The van der Waals surface area contributed by atoms with E-state index in [0.717, 1.165) is 5.69 Å². The molecule has 0 radical (unpaired) electrons. The minimum Gasteiger partial charge on any atom is -0.479 e. The van der Waals surface area contributed by atoms with Crippen LogP contribution in [0.3, 0.4) is 0 Å². The molecule has 1 saturated carbocycles. The predicted octanol–water partition coefficient (Wildman–Crippen LogP) is 2.19. The van der Waals surface area contributed by atoms with Crippen molar-refractivity contribution in [3.8, 4) is 0 Å². The quantitative estimate of drug-likeness (QED) is 0.897. The Labute approximate surface area is 129 Å². The molecule has 1 heterocycles. The van der Waals surface area contributed by atoms with Crippen molar-refractivity contribution in [2.45, 2.75) is 31.8 Å². The van der Waals surface area contributed by atoms with Crippen molar-refractivity contribution < 1.29 is 19.4 Å². The predicted molar refractivity (Wildman–Crippen MR) is 81.1 cm³/mol. The molecule has 3 rings (SSSR count). The molecular weight excluding hydrogens is 284 g/mol. The van der Waals surface area contributed by atoms with Gasteiger partial charge >= 0.3 is 12.0 Å². The van der Waals surface area contributed by atoms with Gasteiger partial charge in [0.05, 0.1) is 13.2 Å². The van der Waals surface area contributed by atoms with Crippen LogP contribution in [0.25, 0.3) is 0 Å². The number of amides is 2. The maximum absolute atomic E-state index is 12.2. The molecule has 118 valence electrons. The molecule has 22 heavy (non-hydrogen) atoms. The molecule has 1 unspecified atom stereocenters. The molecule has 0 spiro atoms. The van der Waals surface area contributed by atoms with E-state index in [1.165, 1.54) is 28.9 Å². The fourth-order valence-electron chi connectivity index (χ4n) is 2.79. The number of ether oxygens (including phenoxy) is 1.